The Kier molecular flexibility index (Phi) is 3.59. The molecule has 1 fully saturated rings. The Hall–Kier alpha value is -0.800. The fraction of sp³-hybridized carbons (Fsp3) is 0.538. The molecule has 0 aromatic heterocycles. The Morgan fingerprint density at radius 2 is 2.29 bits per heavy atom. The van der Waals surface area contributed by atoms with E-state index >= 15 is 0 Å². The lowest BCUT2D eigenvalue weighted by Crippen LogP contribution is -2.43. The van der Waals surface area contributed by atoms with Gasteiger partial charge in [0.2, 0.25) is 0 Å². The maximum atomic E-state index is 13.3. The number of hydrogen-bond donors (Lipinski definition) is 2. The van der Waals surface area contributed by atoms with Gasteiger partial charge < -0.3 is 11.1 Å². The fourth-order valence-electron chi connectivity index (χ4n) is 2.68. The number of nitrogens with two attached hydrogens (primary N) is 1. The van der Waals surface area contributed by atoms with E-state index in [9.17, 15) is 4.39 Å². The van der Waals surface area contributed by atoms with Crippen LogP contribution in [0.4, 0.5) is 10.1 Å². The van der Waals surface area contributed by atoms with E-state index in [1.54, 1.807) is 6.07 Å². The van der Waals surface area contributed by atoms with E-state index in [4.69, 9.17) is 17.3 Å². The fourth-order valence-corrected chi connectivity index (χ4v) is 2.90. The molecule has 17 heavy (non-hydrogen) atoms. The summed E-state index contributed by atoms with van der Waals surface area (Å²) in [5.74, 6) is 0.341. The van der Waals surface area contributed by atoms with Gasteiger partial charge in [0, 0.05) is 22.8 Å². The Morgan fingerprint density at radius 1 is 1.53 bits per heavy atom. The second-order valence-electron chi connectivity index (χ2n) is 5.12. The molecule has 0 heterocycles. The summed E-state index contributed by atoms with van der Waals surface area (Å²) in [6, 6.07) is 4.51. The monoisotopic (exact) mass is 256 g/mol. The van der Waals surface area contributed by atoms with E-state index in [0.717, 1.165) is 24.9 Å². The van der Waals surface area contributed by atoms with Crippen LogP contribution in [-0.4, -0.2) is 12.1 Å². The van der Waals surface area contributed by atoms with Crippen molar-refractivity contribution in [3.05, 3.63) is 29.0 Å². The Morgan fingerprint density at radius 3 is 2.82 bits per heavy atom. The van der Waals surface area contributed by atoms with Gasteiger partial charge in [0.15, 0.2) is 0 Å². The number of rotatable bonds is 3. The van der Waals surface area contributed by atoms with E-state index in [1.165, 1.54) is 12.1 Å². The molecule has 1 aliphatic rings. The minimum Gasteiger partial charge on any atom is -0.378 e. The molecule has 0 aliphatic heterocycles. The lowest BCUT2D eigenvalue weighted by molar-refractivity contribution is 0.470. The van der Waals surface area contributed by atoms with E-state index in [0.29, 0.717) is 17.5 Å². The van der Waals surface area contributed by atoms with Gasteiger partial charge >= 0.3 is 0 Å². The summed E-state index contributed by atoms with van der Waals surface area (Å²) in [4.78, 5) is 0. The summed E-state index contributed by atoms with van der Waals surface area (Å²) in [5.41, 5.74) is 6.48. The first-order valence-electron chi connectivity index (χ1n) is 5.97. The zero-order chi connectivity index (χ0) is 12.5. The summed E-state index contributed by atoms with van der Waals surface area (Å²) in [7, 11) is 0. The molecular formula is C13H18ClFN2. The Balaban J connectivity index is 2.18. The number of halogens is 2. The predicted octanol–water partition coefficient (Wildman–Crippen LogP) is 3.41. The molecule has 4 heteroatoms. The van der Waals surface area contributed by atoms with E-state index in [2.05, 4.69) is 12.2 Å². The molecule has 2 rings (SSSR count). The van der Waals surface area contributed by atoms with Crippen LogP contribution in [0.3, 0.4) is 0 Å². The summed E-state index contributed by atoms with van der Waals surface area (Å²) >= 11 is 5.84. The lowest BCUT2D eigenvalue weighted by atomic mass is 9.96. The molecule has 0 saturated heterocycles. The smallest absolute Gasteiger partial charge is 0.126 e. The van der Waals surface area contributed by atoms with Crippen LogP contribution >= 0.6 is 11.6 Å². The van der Waals surface area contributed by atoms with Gasteiger partial charge in [-0.25, -0.2) is 4.39 Å². The summed E-state index contributed by atoms with van der Waals surface area (Å²) < 4.78 is 13.3. The molecule has 2 atom stereocenters. The maximum Gasteiger partial charge on any atom is 0.126 e. The average molecular weight is 257 g/mol. The van der Waals surface area contributed by atoms with Crippen LogP contribution in [0, 0.1) is 11.7 Å². The summed E-state index contributed by atoms with van der Waals surface area (Å²) in [5, 5.41) is 3.77. The highest BCUT2D eigenvalue weighted by atomic mass is 35.5. The van der Waals surface area contributed by atoms with Crippen molar-refractivity contribution in [3.63, 3.8) is 0 Å². The predicted molar refractivity (Wildman–Crippen MR) is 69.8 cm³/mol. The van der Waals surface area contributed by atoms with Crippen molar-refractivity contribution in [2.45, 2.75) is 31.7 Å². The largest absolute Gasteiger partial charge is 0.378 e. The molecular weight excluding hydrogens is 239 g/mol. The number of anilines is 1. The summed E-state index contributed by atoms with van der Waals surface area (Å²) in [6.07, 6.45) is 3.21. The molecule has 1 aromatic rings. The molecule has 1 saturated carbocycles. The maximum absolute atomic E-state index is 13.3. The van der Waals surface area contributed by atoms with Crippen molar-refractivity contribution in [1.82, 2.24) is 0 Å². The Bertz CT molecular complexity index is 390. The van der Waals surface area contributed by atoms with Gasteiger partial charge in [0.1, 0.15) is 5.82 Å². The van der Waals surface area contributed by atoms with Gasteiger partial charge in [-0.05, 0) is 43.4 Å². The highest BCUT2D eigenvalue weighted by Gasteiger charge is 2.36. The average Bonchev–Trinajstić information content (AvgIpc) is 2.59. The molecule has 2 unspecified atom stereocenters. The molecule has 0 amide bonds. The van der Waals surface area contributed by atoms with Crippen molar-refractivity contribution >= 4 is 17.3 Å². The lowest BCUT2D eigenvalue weighted by Gasteiger charge is -2.30. The topological polar surface area (TPSA) is 38.0 Å². The highest BCUT2D eigenvalue weighted by Crippen LogP contribution is 2.36. The van der Waals surface area contributed by atoms with Crippen molar-refractivity contribution in [1.29, 1.82) is 0 Å². The number of hydrogen-bond acceptors (Lipinski definition) is 2. The first kappa shape index (κ1) is 12.7. The zero-order valence-electron chi connectivity index (χ0n) is 9.97. The molecule has 0 radical (unpaired) electrons. The van der Waals surface area contributed by atoms with E-state index in [1.807, 2.05) is 0 Å². The van der Waals surface area contributed by atoms with Gasteiger partial charge in [0.25, 0.3) is 0 Å². The van der Waals surface area contributed by atoms with Crippen molar-refractivity contribution in [2.75, 3.05) is 11.9 Å². The standard InChI is InChI=1S/C13H18ClFN2/c1-9-2-3-13(7-9,8-16)17-12-5-10(14)4-11(15)6-12/h4-6,9,17H,2-3,7-8,16H2,1H3. The quantitative estimate of drug-likeness (QED) is 0.870. The van der Waals surface area contributed by atoms with E-state index < -0.39 is 0 Å². The molecule has 2 nitrogen and oxygen atoms in total. The van der Waals surface area contributed by atoms with Gasteiger partial charge in [-0.2, -0.15) is 0 Å². The van der Waals surface area contributed by atoms with Crippen LogP contribution in [-0.2, 0) is 0 Å². The van der Waals surface area contributed by atoms with Crippen LogP contribution in [0.5, 0.6) is 0 Å². The third kappa shape index (κ3) is 2.90. The van der Waals surface area contributed by atoms with Crippen molar-refractivity contribution in [2.24, 2.45) is 11.7 Å². The molecule has 1 aliphatic carbocycles. The third-order valence-electron chi connectivity index (χ3n) is 3.52. The van der Waals surface area contributed by atoms with Crippen LogP contribution in [0.2, 0.25) is 5.02 Å². The molecule has 0 bridgehead atoms. The Labute approximate surface area is 106 Å². The van der Waals surface area contributed by atoms with Gasteiger partial charge in [-0.1, -0.05) is 18.5 Å². The normalized spacial score (nSPS) is 28.4. The van der Waals surface area contributed by atoms with Gasteiger partial charge in [-0.3, -0.25) is 0 Å². The molecule has 1 aromatic carbocycles. The van der Waals surface area contributed by atoms with Gasteiger partial charge in [-0.15, -0.1) is 0 Å². The second-order valence-corrected chi connectivity index (χ2v) is 5.55. The minimum absolute atomic E-state index is 0.101. The SMILES string of the molecule is CC1CCC(CN)(Nc2cc(F)cc(Cl)c2)C1. The van der Waals surface area contributed by atoms with Crippen LogP contribution in [0.25, 0.3) is 0 Å². The highest BCUT2D eigenvalue weighted by molar-refractivity contribution is 6.30. The van der Waals surface area contributed by atoms with Crippen molar-refractivity contribution in [3.8, 4) is 0 Å². The second kappa shape index (κ2) is 4.83. The number of nitrogens with one attached hydrogen (secondary N) is 1. The van der Waals surface area contributed by atoms with Crippen LogP contribution < -0.4 is 11.1 Å². The van der Waals surface area contributed by atoms with Crippen LogP contribution in [0.1, 0.15) is 26.2 Å². The van der Waals surface area contributed by atoms with Crippen LogP contribution in [0.15, 0.2) is 18.2 Å². The first-order chi connectivity index (χ1) is 8.03. The molecule has 0 spiro atoms. The summed E-state index contributed by atoms with van der Waals surface area (Å²) in [6.45, 7) is 2.78. The zero-order valence-corrected chi connectivity index (χ0v) is 10.7. The number of benzene rings is 1. The minimum atomic E-state index is -0.321. The molecule has 94 valence electrons. The third-order valence-corrected chi connectivity index (χ3v) is 3.74. The van der Waals surface area contributed by atoms with E-state index in [-0.39, 0.29) is 11.4 Å². The first-order valence-corrected chi connectivity index (χ1v) is 6.35. The molecule has 3 N–H and O–H groups in total. The van der Waals surface area contributed by atoms with Gasteiger partial charge in [0.05, 0.1) is 0 Å². The van der Waals surface area contributed by atoms with Crippen molar-refractivity contribution < 1.29 is 4.39 Å².